The third-order valence-electron chi connectivity index (χ3n) is 3.44. The highest BCUT2D eigenvalue weighted by atomic mass is 16.2. The molecule has 1 heterocycles. The summed E-state index contributed by atoms with van der Waals surface area (Å²) in [6, 6.07) is 0. The number of carbonyl (C=O) groups excluding carboxylic acids is 4. The normalized spacial score (nSPS) is 15.1. The van der Waals surface area contributed by atoms with E-state index in [2.05, 4.69) is 17.6 Å². The Labute approximate surface area is 130 Å². The topological polar surface area (TPSA) is 95.6 Å². The fourth-order valence-corrected chi connectivity index (χ4v) is 2.02. The molecule has 0 saturated heterocycles. The number of carbonyl (C=O) groups is 4. The van der Waals surface area contributed by atoms with Gasteiger partial charge in [-0.25, -0.2) is 0 Å². The van der Waals surface area contributed by atoms with E-state index < -0.39 is 17.7 Å². The Balaban J connectivity index is 2.20. The Morgan fingerprint density at radius 3 is 2.36 bits per heavy atom. The molecule has 0 aromatic carbocycles. The van der Waals surface area contributed by atoms with Gasteiger partial charge in [0.15, 0.2) is 0 Å². The number of rotatable bonds is 9. The lowest BCUT2D eigenvalue weighted by molar-refractivity contribution is -0.141. The van der Waals surface area contributed by atoms with Gasteiger partial charge in [0.2, 0.25) is 11.8 Å². The maximum atomic E-state index is 11.8. The highest BCUT2D eigenvalue weighted by molar-refractivity contribution is 6.14. The van der Waals surface area contributed by atoms with Gasteiger partial charge in [-0.1, -0.05) is 33.1 Å². The van der Waals surface area contributed by atoms with Crippen molar-refractivity contribution in [2.75, 3.05) is 13.2 Å². The van der Waals surface area contributed by atoms with Crippen molar-refractivity contribution in [2.24, 2.45) is 5.92 Å². The van der Waals surface area contributed by atoms with Crippen LogP contribution < -0.4 is 10.6 Å². The van der Waals surface area contributed by atoms with Gasteiger partial charge in [-0.05, 0) is 6.42 Å². The van der Waals surface area contributed by atoms with Crippen LogP contribution in [0.2, 0.25) is 0 Å². The van der Waals surface area contributed by atoms with E-state index in [1.54, 1.807) is 0 Å². The first-order valence-corrected chi connectivity index (χ1v) is 7.53. The van der Waals surface area contributed by atoms with E-state index in [1.807, 2.05) is 6.92 Å². The monoisotopic (exact) mass is 309 g/mol. The summed E-state index contributed by atoms with van der Waals surface area (Å²) >= 11 is 0. The summed E-state index contributed by atoms with van der Waals surface area (Å²) in [5.41, 5.74) is 0. The molecular formula is C15H23N3O4. The molecule has 1 aliphatic rings. The third kappa shape index (κ3) is 5.67. The van der Waals surface area contributed by atoms with Gasteiger partial charge in [-0.3, -0.25) is 24.1 Å². The Bertz CT molecular complexity index is 455. The molecule has 1 rings (SSSR count). The van der Waals surface area contributed by atoms with Crippen molar-refractivity contribution in [3.63, 3.8) is 0 Å². The minimum absolute atomic E-state index is 0.0145. The molecule has 0 saturated carbocycles. The van der Waals surface area contributed by atoms with Crippen LogP contribution in [0.3, 0.4) is 0 Å². The van der Waals surface area contributed by atoms with Crippen LogP contribution in [0.15, 0.2) is 12.2 Å². The molecule has 2 N–H and O–H groups in total. The second-order valence-corrected chi connectivity index (χ2v) is 5.31. The Hall–Kier alpha value is -2.18. The first-order chi connectivity index (χ1) is 10.5. The van der Waals surface area contributed by atoms with Crippen LogP contribution >= 0.6 is 0 Å². The van der Waals surface area contributed by atoms with Gasteiger partial charge in [-0.2, -0.15) is 0 Å². The largest absolute Gasteiger partial charge is 0.338 e. The molecule has 7 nitrogen and oxygen atoms in total. The molecule has 0 fully saturated rings. The molecule has 0 aromatic rings. The zero-order chi connectivity index (χ0) is 16.5. The fraction of sp³-hybridized carbons (Fsp3) is 0.600. The van der Waals surface area contributed by atoms with Gasteiger partial charge in [0.1, 0.15) is 6.54 Å². The van der Waals surface area contributed by atoms with E-state index in [0.29, 0.717) is 0 Å². The quantitative estimate of drug-likeness (QED) is 0.364. The predicted molar refractivity (Wildman–Crippen MR) is 80.3 cm³/mol. The molecule has 1 aliphatic heterocycles. The maximum absolute atomic E-state index is 11.8. The fourth-order valence-electron chi connectivity index (χ4n) is 2.02. The van der Waals surface area contributed by atoms with E-state index >= 15 is 0 Å². The molecule has 122 valence electrons. The minimum atomic E-state index is -0.506. The molecule has 4 amide bonds. The lowest BCUT2D eigenvalue weighted by atomic mass is 10.0. The molecule has 22 heavy (non-hydrogen) atoms. The number of unbranched alkanes of at least 4 members (excludes halogenated alkanes) is 2. The van der Waals surface area contributed by atoms with Crippen LogP contribution in [0.1, 0.15) is 39.5 Å². The SMILES string of the molecule is CCCCCC(C)C(=O)NCNC(=O)CN1C(=O)C=CC1=O. The maximum Gasteiger partial charge on any atom is 0.254 e. The van der Waals surface area contributed by atoms with Crippen LogP contribution in [-0.4, -0.2) is 41.7 Å². The molecule has 7 heteroatoms. The first-order valence-electron chi connectivity index (χ1n) is 7.53. The van der Waals surface area contributed by atoms with Crippen LogP contribution in [-0.2, 0) is 19.2 Å². The second-order valence-electron chi connectivity index (χ2n) is 5.31. The minimum Gasteiger partial charge on any atom is -0.338 e. The number of nitrogens with zero attached hydrogens (tertiary/aromatic N) is 1. The van der Waals surface area contributed by atoms with E-state index in [0.717, 1.165) is 42.7 Å². The van der Waals surface area contributed by atoms with Crippen molar-refractivity contribution in [1.29, 1.82) is 0 Å². The van der Waals surface area contributed by atoms with Crippen molar-refractivity contribution in [3.8, 4) is 0 Å². The van der Waals surface area contributed by atoms with Crippen molar-refractivity contribution < 1.29 is 19.2 Å². The zero-order valence-electron chi connectivity index (χ0n) is 13.1. The average Bonchev–Trinajstić information content (AvgIpc) is 2.79. The smallest absolute Gasteiger partial charge is 0.254 e. The van der Waals surface area contributed by atoms with E-state index in [1.165, 1.54) is 0 Å². The standard InChI is InChI=1S/C15H23N3O4/c1-3-4-5-6-11(2)15(22)17-10-16-12(19)9-18-13(20)7-8-14(18)21/h7-8,11H,3-6,9-10H2,1-2H3,(H,16,19)(H,17,22). The van der Waals surface area contributed by atoms with Gasteiger partial charge in [0.05, 0.1) is 6.67 Å². The first kappa shape index (κ1) is 17.9. The van der Waals surface area contributed by atoms with Crippen LogP contribution in [0.4, 0.5) is 0 Å². The Morgan fingerprint density at radius 2 is 1.77 bits per heavy atom. The highest BCUT2D eigenvalue weighted by Gasteiger charge is 2.25. The molecule has 0 aromatic heterocycles. The van der Waals surface area contributed by atoms with Gasteiger partial charge in [0, 0.05) is 18.1 Å². The summed E-state index contributed by atoms with van der Waals surface area (Å²) in [5, 5.41) is 5.07. The Morgan fingerprint density at radius 1 is 1.14 bits per heavy atom. The van der Waals surface area contributed by atoms with Crippen LogP contribution in [0.5, 0.6) is 0 Å². The summed E-state index contributed by atoms with van der Waals surface area (Å²) in [7, 11) is 0. The lowest BCUT2D eigenvalue weighted by Crippen LogP contribution is -2.45. The van der Waals surface area contributed by atoms with Gasteiger partial charge >= 0.3 is 0 Å². The number of imide groups is 1. The average molecular weight is 309 g/mol. The lowest BCUT2D eigenvalue weighted by Gasteiger charge is -2.15. The summed E-state index contributed by atoms with van der Waals surface area (Å²) in [6.07, 6.45) is 6.26. The molecule has 1 unspecified atom stereocenters. The molecule has 1 atom stereocenters. The Kier molecular flexibility index (Phi) is 7.28. The summed E-state index contributed by atoms with van der Waals surface area (Å²) < 4.78 is 0. The summed E-state index contributed by atoms with van der Waals surface area (Å²) in [4.78, 5) is 46.8. The van der Waals surface area contributed by atoms with Gasteiger partial charge in [-0.15, -0.1) is 0 Å². The van der Waals surface area contributed by atoms with Crippen LogP contribution in [0, 0.1) is 5.92 Å². The van der Waals surface area contributed by atoms with Gasteiger partial charge < -0.3 is 10.6 Å². The molecular weight excluding hydrogens is 286 g/mol. The zero-order valence-corrected chi connectivity index (χ0v) is 13.1. The molecule has 0 aliphatic carbocycles. The number of hydrogen-bond acceptors (Lipinski definition) is 4. The predicted octanol–water partition coefficient (Wildman–Crippen LogP) is 0.318. The van der Waals surface area contributed by atoms with Crippen molar-refractivity contribution >= 4 is 23.6 Å². The highest BCUT2D eigenvalue weighted by Crippen LogP contribution is 2.08. The van der Waals surface area contributed by atoms with Crippen molar-refractivity contribution in [2.45, 2.75) is 39.5 Å². The van der Waals surface area contributed by atoms with E-state index in [4.69, 9.17) is 0 Å². The molecule has 0 spiro atoms. The number of nitrogens with one attached hydrogen (secondary N) is 2. The second kappa shape index (κ2) is 8.96. The van der Waals surface area contributed by atoms with Gasteiger partial charge in [0.25, 0.3) is 11.8 Å². The van der Waals surface area contributed by atoms with Crippen molar-refractivity contribution in [3.05, 3.63) is 12.2 Å². The third-order valence-corrected chi connectivity index (χ3v) is 3.44. The summed E-state index contributed by atoms with van der Waals surface area (Å²) in [6.45, 7) is 3.59. The van der Waals surface area contributed by atoms with E-state index in [-0.39, 0.29) is 25.0 Å². The van der Waals surface area contributed by atoms with Crippen LogP contribution in [0.25, 0.3) is 0 Å². The number of amides is 4. The molecule has 0 radical (unpaired) electrons. The molecule has 0 bridgehead atoms. The number of hydrogen-bond donors (Lipinski definition) is 2. The van der Waals surface area contributed by atoms with Crippen molar-refractivity contribution in [1.82, 2.24) is 15.5 Å². The van der Waals surface area contributed by atoms with E-state index in [9.17, 15) is 19.2 Å². The summed E-state index contributed by atoms with van der Waals surface area (Å²) in [5.74, 6) is -1.73.